The van der Waals surface area contributed by atoms with Crippen LogP contribution < -0.4 is 5.32 Å². The standard InChI is InChI=1S/C23H18F3N5O.ClH/c24-23(25,26)20-12-19(15-4-5-15)31(30-20)21-8-6-17(13-28-21)29-22(32)11-14-3-7-18-16(10-14)2-1-9-27-18;/h1-3,6-10,12-13,15H,4-5,11H2,(H,29,32);1H. The van der Waals surface area contributed by atoms with E-state index in [0.717, 1.165) is 35.4 Å². The second-order valence-electron chi connectivity index (χ2n) is 7.80. The van der Waals surface area contributed by atoms with E-state index >= 15 is 0 Å². The van der Waals surface area contributed by atoms with Crippen LogP contribution in [0.5, 0.6) is 0 Å². The van der Waals surface area contributed by atoms with Gasteiger partial charge >= 0.3 is 6.18 Å². The van der Waals surface area contributed by atoms with E-state index in [4.69, 9.17) is 0 Å². The minimum atomic E-state index is -4.51. The van der Waals surface area contributed by atoms with Gasteiger partial charge in [-0.05, 0) is 54.8 Å². The van der Waals surface area contributed by atoms with Crippen LogP contribution in [-0.4, -0.2) is 25.7 Å². The van der Waals surface area contributed by atoms with E-state index in [9.17, 15) is 18.0 Å². The molecule has 1 N–H and O–H groups in total. The average molecular weight is 474 g/mol. The quantitative estimate of drug-likeness (QED) is 0.426. The lowest BCUT2D eigenvalue weighted by Crippen LogP contribution is -2.15. The molecule has 5 rings (SSSR count). The Hall–Kier alpha value is -3.46. The summed E-state index contributed by atoms with van der Waals surface area (Å²) < 4.78 is 40.6. The molecule has 3 heterocycles. The van der Waals surface area contributed by atoms with Gasteiger partial charge in [0.25, 0.3) is 0 Å². The molecule has 1 saturated carbocycles. The van der Waals surface area contributed by atoms with E-state index in [1.54, 1.807) is 18.3 Å². The number of aromatic nitrogens is 4. The number of hydrogen-bond donors (Lipinski definition) is 1. The molecule has 1 aliphatic rings. The summed E-state index contributed by atoms with van der Waals surface area (Å²) in [6.45, 7) is 0. The van der Waals surface area contributed by atoms with Gasteiger partial charge in [-0.3, -0.25) is 9.78 Å². The summed E-state index contributed by atoms with van der Waals surface area (Å²) in [5.74, 6) is 0.124. The van der Waals surface area contributed by atoms with Crippen LogP contribution in [0.4, 0.5) is 18.9 Å². The molecular weight excluding hydrogens is 455 g/mol. The summed E-state index contributed by atoms with van der Waals surface area (Å²) in [6, 6.07) is 13.7. The number of anilines is 1. The van der Waals surface area contributed by atoms with Crippen molar-refractivity contribution < 1.29 is 18.0 Å². The van der Waals surface area contributed by atoms with Crippen LogP contribution in [0.3, 0.4) is 0 Å². The van der Waals surface area contributed by atoms with Crippen LogP contribution in [0.1, 0.15) is 35.7 Å². The highest BCUT2D eigenvalue weighted by Gasteiger charge is 2.38. The minimum Gasteiger partial charge on any atom is -0.324 e. The zero-order valence-corrected chi connectivity index (χ0v) is 18.0. The smallest absolute Gasteiger partial charge is 0.324 e. The van der Waals surface area contributed by atoms with E-state index in [1.165, 1.54) is 10.9 Å². The Morgan fingerprint density at radius 1 is 1.09 bits per heavy atom. The zero-order chi connectivity index (χ0) is 22.3. The number of alkyl halides is 3. The fourth-order valence-corrected chi connectivity index (χ4v) is 3.60. The first kappa shape index (κ1) is 22.7. The maximum atomic E-state index is 13.1. The number of rotatable bonds is 5. The first-order valence-corrected chi connectivity index (χ1v) is 10.1. The molecule has 0 atom stereocenters. The van der Waals surface area contributed by atoms with E-state index < -0.39 is 11.9 Å². The molecule has 0 bridgehead atoms. The van der Waals surface area contributed by atoms with Gasteiger partial charge in [0, 0.05) is 23.2 Å². The molecule has 0 spiro atoms. The molecule has 1 aliphatic carbocycles. The fraction of sp³-hybridized carbons (Fsp3) is 0.217. The van der Waals surface area contributed by atoms with Gasteiger partial charge in [0.1, 0.15) is 0 Å². The number of nitrogens with one attached hydrogen (secondary N) is 1. The largest absolute Gasteiger partial charge is 0.435 e. The summed E-state index contributed by atoms with van der Waals surface area (Å²) in [4.78, 5) is 20.9. The SMILES string of the molecule is Cl.O=C(Cc1ccc2ncccc2c1)Nc1ccc(-n2nc(C(F)(F)F)cc2C2CC2)nc1. The number of nitrogens with zero attached hydrogens (tertiary/aromatic N) is 4. The van der Waals surface area contributed by atoms with Crippen molar-refractivity contribution in [3.63, 3.8) is 0 Å². The first-order chi connectivity index (χ1) is 15.4. The Bertz CT molecular complexity index is 1300. The highest BCUT2D eigenvalue weighted by atomic mass is 35.5. The van der Waals surface area contributed by atoms with Crippen LogP contribution in [-0.2, 0) is 17.4 Å². The molecule has 1 fully saturated rings. The number of carbonyl (C=O) groups excluding carboxylic acids is 1. The second kappa shape index (κ2) is 8.82. The molecule has 10 heteroatoms. The fourth-order valence-electron chi connectivity index (χ4n) is 3.60. The number of halogens is 4. The molecule has 0 radical (unpaired) electrons. The van der Waals surface area contributed by atoms with Gasteiger partial charge in [0.15, 0.2) is 11.5 Å². The highest BCUT2D eigenvalue weighted by molar-refractivity contribution is 5.93. The Labute approximate surface area is 193 Å². The molecule has 6 nitrogen and oxygen atoms in total. The van der Waals surface area contributed by atoms with Gasteiger partial charge < -0.3 is 5.32 Å². The van der Waals surface area contributed by atoms with Gasteiger partial charge in [-0.25, -0.2) is 9.67 Å². The van der Waals surface area contributed by atoms with Gasteiger partial charge in [-0.1, -0.05) is 12.1 Å². The average Bonchev–Trinajstić information content (AvgIpc) is 3.51. The summed E-state index contributed by atoms with van der Waals surface area (Å²) in [5, 5.41) is 7.44. The monoisotopic (exact) mass is 473 g/mol. The van der Waals surface area contributed by atoms with Gasteiger partial charge in [-0.2, -0.15) is 18.3 Å². The predicted octanol–water partition coefficient (Wildman–Crippen LogP) is 5.31. The Morgan fingerprint density at radius 3 is 2.61 bits per heavy atom. The lowest BCUT2D eigenvalue weighted by atomic mass is 10.1. The number of amides is 1. The summed E-state index contributed by atoms with van der Waals surface area (Å²) in [6.07, 6.45) is 0.466. The topological polar surface area (TPSA) is 72.7 Å². The lowest BCUT2D eigenvalue weighted by Gasteiger charge is -2.09. The van der Waals surface area contributed by atoms with Crippen LogP contribution in [0, 0.1) is 0 Å². The maximum Gasteiger partial charge on any atom is 0.435 e. The van der Waals surface area contributed by atoms with Crippen LogP contribution in [0.25, 0.3) is 16.7 Å². The van der Waals surface area contributed by atoms with Gasteiger partial charge in [0.05, 0.1) is 23.8 Å². The van der Waals surface area contributed by atoms with Crippen molar-refractivity contribution in [1.82, 2.24) is 19.7 Å². The maximum absolute atomic E-state index is 13.1. The highest BCUT2D eigenvalue weighted by Crippen LogP contribution is 2.42. The van der Waals surface area contributed by atoms with Crippen molar-refractivity contribution in [3.8, 4) is 5.82 Å². The summed E-state index contributed by atoms with van der Waals surface area (Å²) >= 11 is 0. The number of carbonyl (C=O) groups is 1. The Morgan fingerprint density at radius 2 is 1.91 bits per heavy atom. The van der Waals surface area contributed by atoms with Gasteiger partial charge in [0.2, 0.25) is 5.91 Å². The molecule has 1 aromatic carbocycles. The van der Waals surface area contributed by atoms with Gasteiger partial charge in [-0.15, -0.1) is 12.4 Å². The number of pyridine rings is 2. The molecule has 0 unspecified atom stereocenters. The minimum absolute atomic E-state index is 0. The van der Waals surface area contributed by atoms with Crippen molar-refractivity contribution in [2.45, 2.75) is 31.4 Å². The summed E-state index contributed by atoms with van der Waals surface area (Å²) in [7, 11) is 0. The predicted molar refractivity (Wildman–Crippen MR) is 120 cm³/mol. The van der Waals surface area contributed by atoms with Crippen molar-refractivity contribution in [3.05, 3.63) is 77.9 Å². The van der Waals surface area contributed by atoms with Crippen LogP contribution in [0.15, 0.2) is 60.9 Å². The lowest BCUT2D eigenvalue weighted by molar-refractivity contribution is -0.141. The molecule has 1 amide bonds. The zero-order valence-electron chi connectivity index (χ0n) is 17.2. The molecule has 0 aliphatic heterocycles. The third-order valence-corrected chi connectivity index (χ3v) is 5.30. The van der Waals surface area contributed by atoms with Crippen LogP contribution >= 0.6 is 12.4 Å². The number of benzene rings is 1. The van der Waals surface area contributed by atoms with Crippen LogP contribution in [0.2, 0.25) is 0 Å². The number of hydrogen-bond acceptors (Lipinski definition) is 4. The molecule has 3 aromatic heterocycles. The Balaban J connectivity index is 0.00000259. The van der Waals surface area contributed by atoms with Crippen molar-refractivity contribution in [1.29, 1.82) is 0 Å². The molecule has 0 saturated heterocycles. The summed E-state index contributed by atoms with van der Waals surface area (Å²) in [5.41, 5.74) is 1.74. The van der Waals surface area contributed by atoms with Crippen molar-refractivity contribution in [2.24, 2.45) is 0 Å². The molecule has 4 aromatic rings. The third kappa shape index (κ3) is 4.98. The molecule has 33 heavy (non-hydrogen) atoms. The van der Waals surface area contributed by atoms with Crippen molar-refractivity contribution >= 4 is 34.9 Å². The number of fused-ring (bicyclic) bond motifs is 1. The second-order valence-corrected chi connectivity index (χ2v) is 7.80. The van der Waals surface area contributed by atoms with Crippen molar-refractivity contribution in [2.75, 3.05) is 5.32 Å². The molecule has 170 valence electrons. The van der Waals surface area contributed by atoms with E-state index in [0.29, 0.717) is 11.4 Å². The third-order valence-electron chi connectivity index (χ3n) is 5.30. The Kier molecular flexibility index (Phi) is 6.07. The molecular formula is C23H19ClF3N5O. The van der Waals surface area contributed by atoms with E-state index in [2.05, 4.69) is 20.4 Å². The van der Waals surface area contributed by atoms with E-state index in [-0.39, 0.29) is 36.5 Å². The first-order valence-electron chi connectivity index (χ1n) is 10.1. The van der Waals surface area contributed by atoms with E-state index in [1.807, 2.05) is 30.3 Å². The normalized spacial score (nSPS) is 13.5.